The lowest BCUT2D eigenvalue weighted by Crippen LogP contribution is -2.30. The molecule has 2 aromatic carbocycles. The van der Waals surface area contributed by atoms with E-state index in [1.165, 1.54) is 0 Å². The number of hydrogen-bond donors (Lipinski definition) is 1. The minimum absolute atomic E-state index is 0.219. The third-order valence-electron chi connectivity index (χ3n) is 3.98. The number of amides is 1. The van der Waals surface area contributed by atoms with Crippen LogP contribution in [0.25, 0.3) is 11.3 Å². The van der Waals surface area contributed by atoms with Gasteiger partial charge in [0.05, 0.1) is 6.61 Å². The molecule has 28 heavy (non-hydrogen) atoms. The Hall–Kier alpha value is -3.06. The molecule has 3 rings (SSSR count). The van der Waals surface area contributed by atoms with Crippen molar-refractivity contribution in [1.82, 2.24) is 10.3 Å². The normalized spacial score (nSPS) is 11.7. The summed E-state index contributed by atoms with van der Waals surface area (Å²) in [6.07, 6.45) is -0.759. The zero-order valence-corrected chi connectivity index (χ0v) is 16.5. The van der Waals surface area contributed by atoms with E-state index in [0.717, 1.165) is 16.9 Å². The number of aryl methyl sites for hydroxylation is 1. The van der Waals surface area contributed by atoms with Gasteiger partial charge in [-0.1, -0.05) is 11.6 Å². The van der Waals surface area contributed by atoms with Crippen LogP contribution in [-0.4, -0.2) is 28.9 Å². The lowest BCUT2D eigenvalue weighted by atomic mass is 10.1. The van der Waals surface area contributed by atoms with Gasteiger partial charge in [0, 0.05) is 10.6 Å². The molecule has 1 N–H and O–H groups in total. The number of nitrogens with one attached hydrogen (secondary N) is 1. The lowest BCUT2D eigenvalue weighted by molar-refractivity contribution is -0.122. The van der Waals surface area contributed by atoms with Gasteiger partial charge in [-0.3, -0.25) is 4.79 Å². The highest BCUT2D eigenvalue weighted by Gasteiger charge is 2.20. The molecule has 1 amide bonds. The van der Waals surface area contributed by atoms with Crippen molar-refractivity contribution in [3.63, 3.8) is 0 Å². The van der Waals surface area contributed by atoms with E-state index >= 15 is 0 Å². The summed E-state index contributed by atoms with van der Waals surface area (Å²) in [4.78, 5) is 12.5. The molecule has 0 fully saturated rings. The molecule has 146 valence electrons. The number of ether oxygens (including phenoxy) is 2. The summed E-state index contributed by atoms with van der Waals surface area (Å²) >= 11 is 6.01. The van der Waals surface area contributed by atoms with Crippen LogP contribution in [0.2, 0.25) is 5.02 Å². The van der Waals surface area contributed by atoms with Crippen molar-refractivity contribution in [2.75, 3.05) is 11.9 Å². The van der Waals surface area contributed by atoms with E-state index in [-0.39, 0.29) is 11.7 Å². The lowest BCUT2D eigenvalue weighted by Gasteiger charge is -2.14. The highest BCUT2D eigenvalue weighted by atomic mass is 35.5. The van der Waals surface area contributed by atoms with Gasteiger partial charge < -0.3 is 14.8 Å². The Morgan fingerprint density at radius 1 is 1.18 bits per heavy atom. The average Bonchev–Trinajstić information content (AvgIpc) is 3.13. The van der Waals surface area contributed by atoms with Crippen LogP contribution in [0.15, 0.2) is 47.1 Å². The van der Waals surface area contributed by atoms with Crippen LogP contribution in [0.5, 0.6) is 11.5 Å². The second-order valence-electron chi connectivity index (χ2n) is 6.08. The van der Waals surface area contributed by atoms with Crippen molar-refractivity contribution in [2.45, 2.75) is 26.9 Å². The monoisotopic (exact) mass is 401 g/mol. The second-order valence-corrected chi connectivity index (χ2v) is 6.49. The van der Waals surface area contributed by atoms with Crippen LogP contribution in [0.1, 0.15) is 19.4 Å². The SMILES string of the molecule is CCOc1ccc(-c2nonc2NC(=O)[C@@H](C)Oc2ccc(Cl)c(C)c2)cc1. The molecular formula is C20H20ClN3O4. The smallest absolute Gasteiger partial charge is 0.266 e. The predicted octanol–water partition coefficient (Wildman–Crippen LogP) is 4.50. The van der Waals surface area contributed by atoms with Crippen LogP contribution in [0.4, 0.5) is 5.82 Å². The molecular weight excluding hydrogens is 382 g/mol. The van der Waals surface area contributed by atoms with Crippen molar-refractivity contribution in [3.8, 4) is 22.8 Å². The number of aromatic nitrogens is 2. The molecule has 7 nitrogen and oxygen atoms in total. The molecule has 0 unspecified atom stereocenters. The minimum Gasteiger partial charge on any atom is -0.494 e. The predicted molar refractivity (Wildman–Crippen MR) is 106 cm³/mol. The summed E-state index contributed by atoms with van der Waals surface area (Å²) in [5.41, 5.74) is 2.03. The zero-order valence-electron chi connectivity index (χ0n) is 15.7. The van der Waals surface area contributed by atoms with E-state index in [1.807, 2.05) is 38.1 Å². The molecule has 0 saturated carbocycles. The fraction of sp³-hybridized carbons (Fsp3) is 0.250. The summed E-state index contributed by atoms with van der Waals surface area (Å²) in [6, 6.07) is 12.5. The van der Waals surface area contributed by atoms with E-state index in [2.05, 4.69) is 15.6 Å². The van der Waals surface area contributed by atoms with Gasteiger partial charge in [0.15, 0.2) is 11.8 Å². The number of hydrogen-bond acceptors (Lipinski definition) is 6. The molecule has 0 saturated heterocycles. The van der Waals surface area contributed by atoms with E-state index in [1.54, 1.807) is 25.1 Å². The molecule has 0 aliphatic carbocycles. The third kappa shape index (κ3) is 4.61. The number of nitrogens with zero attached hydrogens (tertiary/aromatic N) is 2. The molecule has 3 aromatic rings. The standard InChI is InChI=1S/C20H20ClN3O4/c1-4-26-15-7-5-14(6-8-15)18-19(24-28-23-18)22-20(25)13(3)27-16-9-10-17(21)12(2)11-16/h5-11,13H,4H2,1-3H3,(H,22,24,25)/t13-/m1/s1. The third-order valence-corrected chi connectivity index (χ3v) is 4.40. The summed E-state index contributed by atoms with van der Waals surface area (Å²) in [7, 11) is 0. The van der Waals surface area contributed by atoms with E-state index in [0.29, 0.717) is 23.1 Å². The fourth-order valence-corrected chi connectivity index (χ4v) is 2.62. The molecule has 1 heterocycles. The van der Waals surface area contributed by atoms with Crippen molar-refractivity contribution in [3.05, 3.63) is 53.1 Å². The van der Waals surface area contributed by atoms with Crippen molar-refractivity contribution in [2.24, 2.45) is 0 Å². The van der Waals surface area contributed by atoms with Gasteiger partial charge in [0.2, 0.25) is 5.82 Å². The Morgan fingerprint density at radius 3 is 2.57 bits per heavy atom. The first-order valence-corrected chi connectivity index (χ1v) is 9.15. The number of benzene rings is 2. The Morgan fingerprint density at radius 2 is 1.89 bits per heavy atom. The van der Waals surface area contributed by atoms with E-state index in [4.69, 9.17) is 25.7 Å². The Labute approximate surface area is 167 Å². The molecule has 0 aliphatic rings. The Balaban J connectivity index is 1.69. The summed E-state index contributed by atoms with van der Waals surface area (Å²) in [6.45, 7) is 6.00. The fourth-order valence-electron chi connectivity index (χ4n) is 2.50. The molecule has 1 aromatic heterocycles. The molecule has 0 bridgehead atoms. The molecule has 0 radical (unpaired) electrons. The highest BCUT2D eigenvalue weighted by molar-refractivity contribution is 6.31. The number of halogens is 1. The maximum absolute atomic E-state index is 12.5. The number of carbonyl (C=O) groups excluding carboxylic acids is 1. The van der Waals surface area contributed by atoms with Gasteiger partial charge in [-0.25, -0.2) is 4.63 Å². The Bertz CT molecular complexity index is 956. The van der Waals surface area contributed by atoms with Crippen molar-refractivity contribution >= 4 is 23.3 Å². The van der Waals surface area contributed by atoms with Crippen molar-refractivity contribution in [1.29, 1.82) is 0 Å². The van der Waals surface area contributed by atoms with Gasteiger partial charge in [0.1, 0.15) is 11.5 Å². The van der Waals surface area contributed by atoms with Crippen LogP contribution in [-0.2, 0) is 4.79 Å². The van der Waals surface area contributed by atoms with Crippen LogP contribution >= 0.6 is 11.6 Å². The summed E-state index contributed by atoms with van der Waals surface area (Å²) in [5.74, 6) is 1.13. The number of rotatable bonds is 7. The van der Waals surface area contributed by atoms with Gasteiger partial charge in [-0.05, 0) is 79.1 Å². The first-order valence-electron chi connectivity index (χ1n) is 8.77. The van der Waals surface area contributed by atoms with E-state index < -0.39 is 6.10 Å². The highest BCUT2D eigenvalue weighted by Crippen LogP contribution is 2.27. The first-order chi connectivity index (χ1) is 13.5. The maximum atomic E-state index is 12.5. The average molecular weight is 402 g/mol. The molecule has 8 heteroatoms. The molecule has 1 atom stereocenters. The molecule has 0 aliphatic heterocycles. The van der Waals surface area contributed by atoms with Gasteiger partial charge in [0.25, 0.3) is 5.91 Å². The number of anilines is 1. The van der Waals surface area contributed by atoms with Crippen LogP contribution in [0.3, 0.4) is 0 Å². The Kier molecular flexibility index (Phi) is 6.16. The maximum Gasteiger partial charge on any atom is 0.266 e. The van der Waals surface area contributed by atoms with Gasteiger partial charge in [-0.15, -0.1) is 0 Å². The summed E-state index contributed by atoms with van der Waals surface area (Å²) in [5, 5.41) is 11.0. The van der Waals surface area contributed by atoms with Crippen molar-refractivity contribution < 1.29 is 18.9 Å². The molecule has 0 spiro atoms. The summed E-state index contributed by atoms with van der Waals surface area (Å²) < 4.78 is 15.9. The topological polar surface area (TPSA) is 86.5 Å². The van der Waals surface area contributed by atoms with Crippen LogP contribution < -0.4 is 14.8 Å². The van der Waals surface area contributed by atoms with Crippen LogP contribution in [0, 0.1) is 6.92 Å². The van der Waals surface area contributed by atoms with Gasteiger partial charge >= 0.3 is 0 Å². The van der Waals surface area contributed by atoms with Gasteiger partial charge in [-0.2, -0.15) is 0 Å². The number of carbonyl (C=O) groups is 1. The zero-order chi connectivity index (χ0) is 20.1. The first kappa shape index (κ1) is 19.7. The minimum atomic E-state index is -0.759. The van der Waals surface area contributed by atoms with E-state index in [9.17, 15) is 4.79 Å². The largest absolute Gasteiger partial charge is 0.494 e. The second kappa shape index (κ2) is 8.75. The quantitative estimate of drug-likeness (QED) is 0.627.